The summed E-state index contributed by atoms with van der Waals surface area (Å²) in [6.07, 6.45) is 2.65. The summed E-state index contributed by atoms with van der Waals surface area (Å²) in [7, 11) is 0. The van der Waals surface area contributed by atoms with Crippen LogP contribution in [0.2, 0.25) is 0 Å². The van der Waals surface area contributed by atoms with E-state index in [1.54, 1.807) is 4.90 Å². The van der Waals surface area contributed by atoms with Gasteiger partial charge in [-0.05, 0) is 46.5 Å². The highest BCUT2D eigenvalue weighted by Gasteiger charge is 2.46. The van der Waals surface area contributed by atoms with Crippen LogP contribution in [0, 0.1) is 0 Å². The summed E-state index contributed by atoms with van der Waals surface area (Å²) in [4.78, 5) is 25.6. The Kier molecular flexibility index (Phi) is 4.29. The molecule has 2 atom stereocenters. The molecule has 148 valence electrons. The van der Waals surface area contributed by atoms with Crippen molar-refractivity contribution < 1.29 is 24.1 Å². The van der Waals surface area contributed by atoms with Crippen LogP contribution in [0.15, 0.2) is 10.6 Å². The zero-order valence-electron chi connectivity index (χ0n) is 15.8. The molecule has 1 aromatic heterocycles. The van der Waals surface area contributed by atoms with E-state index in [4.69, 9.17) is 9.26 Å². The number of hydroxylamine groups is 2. The molecule has 9 heteroatoms. The van der Waals surface area contributed by atoms with E-state index in [0.717, 1.165) is 42.2 Å². The zero-order chi connectivity index (χ0) is 19.3. The maximum absolute atomic E-state index is 12.1. The van der Waals surface area contributed by atoms with Crippen molar-refractivity contribution in [3.63, 3.8) is 0 Å². The predicted molar refractivity (Wildman–Crippen MR) is 93.1 cm³/mol. The number of hydrogen-bond donors (Lipinski definition) is 2. The van der Waals surface area contributed by atoms with Gasteiger partial charge in [-0.3, -0.25) is 5.21 Å². The molecule has 2 saturated heterocycles. The number of nitrogens with one attached hydrogen (secondary N) is 1. The average Bonchev–Trinajstić information content (AvgIpc) is 3.10. The fraction of sp³-hybridized carbons (Fsp3) is 0.722. The number of nitrogens with zero attached hydrogens (tertiary/aromatic N) is 3. The molecule has 2 aliphatic heterocycles. The smallest absolute Gasteiger partial charge is 0.407 e. The molecule has 2 unspecified atom stereocenters. The molecule has 3 aliphatic rings. The fourth-order valence-corrected chi connectivity index (χ4v) is 4.05. The molecule has 1 aromatic rings. The lowest BCUT2D eigenvalue weighted by atomic mass is 9.78. The first-order chi connectivity index (χ1) is 12.7. The van der Waals surface area contributed by atoms with Crippen molar-refractivity contribution in [2.75, 3.05) is 6.54 Å². The van der Waals surface area contributed by atoms with Gasteiger partial charge in [0.1, 0.15) is 17.1 Å². The van der Waals surface area contributed by atoms with Crippen molar-refractivity contribution in [3.05, 3.63) is 17.5 Å². The monoisotopic (exact) mass is 378 g/mol. The van der Waals surface area contributed by atoms with Gasteiger partial charge in [-0.1, -0.05) is 5.16 Å². The van der Waals surface area contributed by atoms with E-state index < -0.39 is 11.7 Å². The van der Waals surface area contributed by atoms with Crippen molar-refractivity contribution in [3.8, 4) is 0 Å². The summed E-state index contributed by atoms with van der Waals surface area (Å²) in [5, 5.41) is 17.7. The highest BCUT2D eigenvalue weighted by atomic mass is 16.6. The molecule has 0 spiro atoms. The Morgan fingerprint density at radius 2 is 2.11 bits per heavy atom. The summed E-state index contributed by atoms with van der Waals surface area (Å²) >= 11 is 0. The Bertz CT molecular complexity index is 736. The molecule has 1 aliphatic carbocycles. The molecular formula is C18H26N4O5. The van der Waals surface area contributed by atoms with Crippen LogP contribution in [-0.4, -0.2) is 56.7 Å². The predicted octanol–water partition coefficient (Wildman–Crippen LogP) is 2.78. The van der Waals surface area contributed by atoms with Gasteiger partial charge in [0, 0.05) is 24.6 Å². The van der Waals surface area contributed by atoms with Crippen LogP contribution in [0.25, 0.3) is 0 Å². The second kappa shape index (κ2) is 6.40. The van der Waals surface area contributed by atoms with Crippen LogP contribution >= 0.6 is 0 Å². The molecule has 3 heterocycles. The summed E-state index contributed by atoms with van der Waals surface area (Å²) in [5.74, 6) is 0.980. The number of alkyl carbamates (subject to hydrolysis) is 1. The van der Waals surface area contributed by atoms with Gasteiger partial charge in [0.25, 0.3) is 0 Å². The molecule has 3 fully saturated rings. The molecule has 27 heavy (non-hydrogen) atoms. The number of hydrogen-bond acceptors (Lipinski definition) is 6. The van der Waals surface area contributed by atoms with Crippen LogP contribution in [0.3, 0.4) is 0 Å². The molecule has 3 amide bonds. The third-order valence-corrected chi connectivity index (χ3v) is 5.49. The van der Waals surface area contributed by atoms with Crippen LogP contribution in [-0.2, 0) is 4.74 Å². The lowest BCUT2D eigenvalue weighted by Crippen LogP contribution is -2.45. The molecule has 1 saturated carbocycles. The average molecular weight is 378 g/mol. The topological polar surface area (TPSA) is 108 Å². The Morgan fingerprint density at radius 3 is 2.81 bits per heavy atom. The number of fused-ring (bicyclic) bond motifs is 2. The van der Waals surface area contributed by atoms with E-state index in [-0.39, 0.29) is 30.1 Å². The Labute approximate surface area is 157 Å². The number of carbonyl (C=O) groups is 2. The standard InChI is InChI=1S/C18H26N4O5/c1-18(2,3)26-16(23)19-11-6-10(7-11)15-8-13(20-27-15)14-5-4-12-9-21(14)17(24)22(12)25/h8,10-12,14,25H,4-7,9H2,1-3H3,(H,19,23). The van der Waals surface area contributed by atoms with Gasteiger partial charge in [-0.15, -0.1) is 0 Å². The highest BCUT2D eigenvalue weighted by molar-refractivity contribution is 5.76. The van der Waals surface area contributed by atoms with Crippen molar-refractivity contribution in [1.29, 1.82) is 0 Å². The Morgan fingerprint density at radius 1 is 1.37 bits per heavy atom. The lowest BCUT2D eigenvalue weighted by molar-refractivity contribution is -0.0584. The van der Waals surface area contributed by atoms with E-state index in [1.165, 1.54) is 0 Å². The minimum atomic E-state index is -0.511. The molecule has 2 N–H and O–H groups in total. The summed E-state index contributed by atoms with van der Waals surface area (Å²) in [6, 6.07) is 1.34. The number of carbonyl (C=O) groups excluding carboxylic acids is 2. The number of piperidine rings is 1. The van der Waals surface area contributed by atoms with Gasteiger partial charge in [0.2, 0.25) is 0 Å². The first-order valence-corrected chi connectivity index (χ1v) is 9.46. The summed E-state index contributed by atoms with van der Waals surface area (Å²) < 4.78 is 10.8. The van der Waals surface area contributed by atoms with Crippen LogP contribution in [0.5, 0.6) is 0 Å². The Balaban J connectivity index is 1.32. The van der Waals surface area contributed by atoms with Gasteiger partial charge < -0.3 is 19.5 Å². The largest absolute Gasteiger partial charge is 0.444 e. The van der Waals surface area contributed by atoms with Crippen LogP contribution in [0.4, 0.5) is 9.59 Å². The number of urea groups is 1. The van der Waals surface area contributed by atoms with Gasteiger partial charge in [-0.2, -0.15) is 0 Å². The number of ether oxygens (including phenoxy) is 1. The quantitative estimate of drug-likeness (QED) is 0.783. The van der Waals surface area contributed by atoms with E-state index >= 15 is 0 Å². The normalized spacial score (nSPS) is 30.3. The number of amides is 3. The second-order valence-electron chi connectivity index (χ2n) is 8.69. The van der Waals surface area contributed by atoms with Gasteiger partial charge in [-0.25, -0.2) is 14.7 Å². The maximum atomic E-state index is 12.1. The van der Waals surface area contributed by atoms with Crippen LogP contribution in [0.1, 0.15) is 69.9 Å². The maximum Gasteiger partial charge on any atom is 0.407 e. The van der Waals surface area contributed by atoms with E-state index in [0.29, 0.717) is 6.54 Å². The van der Waals surface area contributed by atoms with Crippen molar-refractivity contribution in [2.45, 2.75) is 76.1 Å². The van der Waals surface area contributed by atoms with Crippen molar-refractivity contribution in [2.24, 2.45) is 0 Å². The second-order valence-corrected chi connectivity index (χ2v) is 8.69. The molecular weight excluding hydrogens is 352 g/mol. The number of aromatic nitrogens is 1. The summed E-state index contributed by atoms with van der Waals surface area (Å²) in [6.45, 7) is 6.02. The van der Waals surface area contributed by atoms with Gasteiger partial charge in [0.15, 0.2) is 0 Å². The minimum absolute atomic E-state index is 0.0666. The molecule has 2 bridgehead atoms. The molecule has 4 rings (SSSR count). The molecule has 9 nitrogen and oxygen atoms in total. The van der Waals surface area contributed by atoms with E-state index in [1.807, 2.05) is 26.8 Å². The van der Waals surface area contributed by atoms with Crippen molar-refractivity contribution in [1.82, 2.24) is 20.4 Å². The van der Waals surface area contributed by atoms with E-state index in [9.17, 15) is 14.8 Å². The first-order valence-electron chi connectivity index (χ1n) is 9.46. The van der Waals surface area contributed by atoms with Crippen molar-refractivity contribution >= 4 is 12.1 Å². The lowest BCUT2D eigenvalue weighted by Gasteiger charge is -2.34. The molecule has 0 radical (unpaired) electrons. The molecule has 0 aromatic carbocycles. The third-order valence-electron chi connectivity index (χ3n) is 5.49. The zero-order valence-corrected chi connectivity index (χ0v) is 15.8. The minimum Gasteiger partial charge on any atom is -0.444 e. The third kappa shape index (κ3) is 3.47. The summed E-state index contributed by atoms with van der Waals surface area (Å²) in [5.41, 5.74) is 0.221. The van der Waals surface area contributed by atoms with Gasteiger partial charge in [0.05, 0.1) is 12.1 Å². The SMILES string of the molecule is CC(C)(C)OC(=O)NC1CC(c2cc(C3CCC4CN3C(=O)N4O)no2)C1. The highest BCUT2D eigenvalue weighted by Crippen LogP contribution is 2.41. The first kappa shape index (κ1) is 18.1. The Hall–Kier alpha value is -2.29. The van der Waals surface area contributed by atoms with E-state index in [2.05, 4.69) is 10.5 Å². The van der Waals surface area contributed by atoms with Crippen LogP contribution < -0.4 is 5.32 Å². The van der Waals surface area contributed by atoms with Gasteiger partial charge >= 0.3 is 12.1 Å². The number of rotatable bonds is 3. The fourth-order valence-electron chi connectivity index (χ4n) is 4.05.